The van der Waals surface area contributed by atoms with Gasteiger partial charge >= 0.3 is 0 Å². The lowest BCUT2D eigenvalue weighted by molar-refractivity contribution is -0.117. The number of halogens is 2. The number of benzene rings is 1. The van der Waals surface area contributed by atoms with E-state index in [0.717, 1.165) is 56.2 Å². The summed E-state index contributed by atoms with van der Waals surface area (Å²) in [6.45, 7) is 5.65. The Kier molecular flexibility index (Phi) is 11.3. The molecule has 1 aromatic carbocycles. The van der Waals surface area contributed by atoms with Crippen molar-refractivity contribution in [2.24, 2.45) is 5.73 Å². The lowest BCUT2D eigenvalue weighted by Crippen LogP contribution is -2.38. The molecule has 1 aliphatic heterocycles. The summed E-state index contributed by atoms with van der Waals surface area (Å²) in [5, 5.41) is 4.06. The van der Waals surface area contributed by atoms with E-state index in [1.165, 1.54) is 5.52 Å². The first kappa shape index (κ1) is 25.1. The summed E-state index contributed by atoms with van der Waals surface area (Å²) >= 11 is 1.70. The summed E-state index contributed by atoms with van der Waals surface area (Å²) in [6.07, 6.45) is 4.82. The Hall–Kier alpha value is -0.960. The largest absolute Gasteiger partial charge is 0.379 e. The Balaban J connectivity index is 0.00000196. The molecule has 0 spiro atoms. The molecule has 1 saturated heterocycles. The third-order valence-electron chi connectivity index (χ3n) is 4.77. The number of carbonyl (C=O) groups is 1. The maximum atomic E-state index is 12.2. The van der Waals surface area contributed by atoms with Crippen LogP contribution in [0, 0.1) is 0 Å². The Bertz CT molecular complexity index is 738. The number of thioether (sulfide) groups is 1. The van der Waals surface area contributed by atoms with E-state index >= 15 is 0 Å². The van der Waals surface area contributed by atoms with E-state index in [1.807, 2.05) is 18.4 Å². The first-order chi connectivity index (χ1) is 12.7. The van der Waals surface area contributed by atoms with Gasteiger partial charge in [-0.1, -0.05) is 0 Å². The zero-order valence-electron chi connectivity index (χ0n) is 16.1. The van der Waals surface area contributed by atoms with Crippen LogP contribution in [0.4, 0.5) is 5.69 Å². The molecule has 0 saturated carbocycles. The van der Waals surface area contributed by atoms with E-state index in [-0.39, 0.29) is 30.7 Å². The van der Waals surface area contributed by atoms with Gasteiger partial charge in [-0.05, 0) is 42.7 Å². The van der Waals surface area contributed by atoms with Crippen molar-refractivity contribution in [1.29, 1.82) is 0 Å². The van der Waals surface area contributed by atoms with Crippen molar-refractivity contribution in [2.45, 2.75) is 19.0 Å². The first-order valence-corrected chi connectivity index (χ1v) is 10.5. The molecule has 158 valence electrons. The maximum absolute atomic E-state index is 12.2. The lowest BCUT2D eigenvalue weighted by Gasteiger charge is -2.26. The van der Waals surface area contributed by atoms with E-state index in [9.17, 15) is 4.79 Å². The van der Waals surface area contributed by atoms with Crippen molar-refractivity contribution >= 4 is 59.1 Å². The molecule has 3 N–H and O–H groups in total. The van der Waals surface area contributed by atoms with Gasteiger partial charge in [0.2, 0.25) is 5.91 Å². The highest BCUT2D eigenvalue weighted by Gasteiger charge is 2.14. The van der Waals surface area contributed by atoms with Crippen molar-refractivity contribution in [2.75, 3.05) is 50.2 Å². The van der Waals surface area contributed by atoms with Crippen LogP contribution in [0.5, 0.6) is 0 Å². The standard InChI is InChI=1S/C19H28N4O2S.2ClH/c1-26-13-5-17(20)19(24)21-16-2-3-18-15(14-16)4-6-23(18)8-7-22-9-11-25-12-10-22;;/h2-4,6,14,17H,5,7-13,20H2,1H3,(H,21,24);2*1H/t17-;;/m0../s1. The zero-order valence-corrected chi connectivity index (χ0v) is 18.6. The predicted molar refractivity (Wildman–Crippen MR) is 123 cm³/mol. The molecular formula is C19H30Cl2N4O2S. The number of nitrogens with zero attached hydrogens (tertiary/aromatic N) is 2. The molecule has 0 radical (unpaired) electrons. The summed E-state index contributed by atoms with van der Waals surface area (Å²) in [5.74, 6) is 0.768. The number of amides is 1. The van der Waals surface area contributed by atoms with E-state index < -0.39 is 6.04 Å². The Morgan fingerprint density at radius 3 is 2.71 bits per heavy atom. The molecular weight excluding hydrogens is 419 g/mol. The van der Waals surface area contributed by atoms with Crippen molar-refractivity contribution in [3.63, 3.8) is 0 Å². The number of anilines is 1. The molecule has 0 unspecified atom stereocenters. The van der Waals surface area contributed by atoms with Crippen molar-refractivity contribution in [3.8, 4) is 0 Å². The van der Waals surface area contributed by atoms with E-state index in [4.69, 9.17) is 10.5 Å². The highest BCUT2D eigenvalue weighted by Crippen LogP contribution is 2.21. The molecule has 3 rings (SSSR count). The number of nitrogens with one attached hydrogen (secondary N) is 1. The van der Waals surface area contributed by atoms with Crippen LogP contribution in [-0.2, 0) is 16.1 Å². The molecule has 9 heteroatoms. The minimum atomic E-state index is -0.462. The smallest absolute Gasteiger partial charge is 0.241 e. The van der Waals surface area contributed by atoms with Crippen molar-refractivity contribution in [1.82, 2.24) is 9.47 Å². The summed E-state index contributed by atoms with van der Waals surface area (Å²) in [5.41, 5.74) is 7.92. The van der Waals surface area contributed by atoms with Gasteiger partial charge in [0.05, 0.1) is 19.3 Å². The van der Waals surface area contributed by atoms with Gasteiger partial charge in [0.1, 0.15) is 0 Å². The summed E-state index contributed by atoms with van der Waals surface area (Å²) in [7, 11) is 0. The first-order valence-electron chi connectivity index (χ1n) is 9.12. The second kappa shape index (κ2) is 12.6. The Morgan fingerprint density at radius 1 is 1.25 bits per heavy atom. The highest BCUT2D eigenvalue weighted by molar-refractivity contribution is 7.98. The summed E-state index contributed by atoms with van der Waals surface area (Å²) in [6, 6.07) is 7.67. The van der Waals surface area contributed by atoms with E-state index in [2.05, 4.69) is 33.1 Å². The quantitative estimate of drug-likeness (QED) is 0.649. The van der Waals surface area contributed by atoms with Crippen LogP contribution < -0.4 is 11.1 Å². The van der Waals surface area contributed by atoms with Gasteiger partial charge in [-0.3, -0.25) is 9.69 Å². The van der Waals surface area contributed by atoms with Crippen LogP contribution in [0.3, 0.4) is 0 Å². The van der Waals surface area contributed by atoms with Gasteiger partial charge in [0.15, 0.2) is 0 Å². The van der Waals surface area contributed by atoms with Crippen molar-refractivity contribution < 1.29 is 9.53 Å². The predicted octanol–water partition coefficient (Wildman–Crippen LogP) is 2.84. The fourth-order valence-electron chi connectivity index (χ4n) is 3.16. The molecule has 1 fully saturated rings. The van der Waals surface area contributed by atoms with Crippen LogP contribution in [0.15, 0.2) is 30.5 Å². The minimum absolute atomic E-state index is 0. The molecule has 2 heterocycles. The number of morpholine rings is 1. The number of ether oxygens (including phenoxy) is 1. The molecule has 2 aromatic rings. The highest BCUT2D eigenvalue weighted by atomic mass is 35.5. The van der Waals surface area contributed by atoms with Gasteiger partial charge < -0.3 is 20.4 Å². The number of carbonyl (C=O) groups excluding carboxylic acids is 1. The molecule has 0 aliphatic carbocycles. The van der Waals surface area contributed by atoms with Gasteiger partial charge in [-0.15, -0.1) is 24.8 Å². The number of rotatable bonds is 8. The minimum Gasteiger partial charge on any atom is -0.379 e. The number of fused-ring (bicyclic) bond motifs is 1. The van der Waals surface area contributed by atoms with Gasteiger partial charge in [0.25, 0.3) is 0 Å². The average Bonchev–Trinajstić information content (AvgIpc) is 3.07. The SMILES string of the molecule is CSCC[C@H](N)C(=O)Nc1ccc2c(ccn2CCN2CCOCC2)c1.Cl.Cl. The molecule has 1 amide bonds. The average molecular weight is 449 g/mol. The second-order valence-electron chi connectivity index (χ2n) is 6.61. The molecule has 1 aliphatic rings. The third kappa shape index (κ3) is 6.83. The van der Waals surface area contributed by atoms with E-state index in [0.29, 0.717) is 6.42 Å². The number of aromatic nitrogens is 1. The van der Waals surface area contributed by atoms with Crippen LogP contribution in [0.25, 0.3) is 10.9 Å². The van der Waals surface area contributed by atoms with E-state index in [1.54, 1.807) is 11.8 Å². The monoisotopic (exact) mass is 448 g/mol. The summed E-state index contributed by atoms with van der Waals surface area (Å²) < 4.78 is 7.66. The van der Waals surface area contributed by atoms with Crippen molar-refractivity contribution in [3.05, 3.63) is 30.5 Å². The van der Waals surface area contributed by atoms with Gasteiger partial charge in [0, 0.05) is 49.0 Å². The molecule has 6 nitrogen and oxygen atoms in total. The number of hydrogen-bond acceptors (Lipinski definition) is 5. The second-order valence-corrected chi connectivity index (χ2v) is 7.60. The molecule has 1 atom stereocenters. The molecule has 1 aromatic heterocycles. The Morgan fingerprint density at radius 2 is 2.00 bits per heavy atom. The maximum Gasteiger partial charge on any atom is 0.241 e. The molecule has 28 heavy (non-hydrogen) atoms. The fourth-order valence-corrected chi connectivity index (χ4v) is 3.65. The number of hydrogen-bond donors (Lipinski definition) is 2. The third-order valence-corrected chi connectivity index (χ3v) is 5.41. The van der Waals surface area contributed by atoms with Crippen LogP contribution in [-0.4, -0.2) is 66.3 Å². The van der Waals surface area contributed by atoms with Crippen LogP contribution >= 0.6 is 36.6 Å². The fraction of sp³-hybridized carbons (Fsp3) is 0.526. The van der Waals surface area contributed by atoms with Crippen LogP contribution in [0.1, 0.15) is 6.42 Å². The lowest BCUT2D eigenvalue weighted by atomic mass is 10.2. The zero-order chi connectivity index (χ0) is 18.4. The Labute approximate surface area is 183 Å². The number of nitrogens with two attached hydrogens (primary N) is 1. The van der Waals surface area contributed by atoms with Gasteiger partial charge in [-0.25, -0.2) is 0 Å². The van der Waals surface area contributed by atoms with Crippen LogP contribution in [0.2, 0.25) is 0 Å². The topological polar surface area (TPSA) is 72.5 Å². The van der Waals surface area contributed by atoms with Gasteiger partial charge in [-0.2, -0.15) is 11.8 Å². The molecule has 0 bridgehead atoms. The normalized spacial score (nSPS) is 15.5. The summed E-state index contributed by atoms with van der Waals surface area (Å²) in [4.78, 5) is 14.6.